The number of anilines is 6. The van der Waals surface area contributed by atoms with E-state index in [1.54, 1.807) is 73.7 Å². The molecule has 4 aromatic carbocycles. The first-order valence-electron chi connectivity index (χ1n) is 32.1. The molecule has 0 bridgehead atoms. The molecule has 5 heterocycles. The highest BCUT2D eigenvalue weighted by molar-refractivity contribution is 7.09. The molecule has 0 unspecified atom stereocenters. The van der Waals surface area contributed by atoms with E-state index >= 15 is 0 Å². The Bertz CT molecular complexity index is 3440. The number of unbranched alkanes of at least 4 members (excludes halogenated alkanes) is 3. The average molecular weight is 1260 g/mol. The van der Waals surface area contributed by atoms with E-state index in [0.29, 0.717) is 67.3 Å². The monoisotopic (exact) mass is 1260 g/mol. The number of nitrogens with zero attached hydrogens (tertiary/aromatic N) is 8. The van der Waals surface area contributed by atoms with E-state index in [1.807, 2.05) is 77.9 Å². The van der Waals surface area contributed by atoms with Crippen LogP contribution in [0.15, 0.2) is 109 Å². The van der Waals surface area contributed by atoms with Gasteiger partial charge in [0.25, 0.3) is 0 Å². The van der Waals surface area contributed by atoms with Crippen LogP contribution in [-0.2, 0) is 32.3 Å². The van der Waals surface area contributed by atoms with Crippen molar-refractivity contribution in [3.05, 3.63) is 137 Å². The summed E-state index contributed by atoms with van der Waals surface area (Å²) in [4.78, 5) is 91.2. The maximum Gasteiger partial charge on any atom is 0.330 e. The van der Waals surface area contributed by atoms with Gasteiger partial charge in [-0.15, -0.1) is 11.3 Å². The van der Waals surface area contributed by atoms with Crippen LogP contribution in [0.5, 0.6) is 17.2 Å². The van der Waals surface area contributed by atoms with Crippen LogP contribution in [-0.4, -0.2) is 140 Å². The van der Waals surface area contributed by atoms with Crippen LogP contribution >= 0.6 is 11.3 Å². The van der Waals surface area contributed by atoms with E-state index in [2.05, 4.69) is 60.1 Å². The largest absolute Gasteiger partial charge is 0.497 e. The normalized spacial score (nSPS) is 16.8. The number of hydrogen-bond acceptors (Lipinski definition) is 16. The van der Waals surface area contributed by atoms with Gasteiger partial charge in [0.15, 0.2) is 0 Å². The summed E-state index contributed by atoms with van der Waals surface area (Å²) in [5.74, 6) is 2.69. The third-order valence-corrected chi connectivity index (χ3v) is 18.6. The molecule has 2 aromatic heterocycles. The van der Waals surface area contributed by atoms with E-state index < -0.39 is 6.04 Å². The Kier molecular flexibility index (Phi) is 22.6. The number of ether oxygens (including phenoxy) is 3. The van der Waals surface area contributed by atoms with Crippen LogP contribution in [0, 0.1) is 5.92 Å². The number of hydrogen-bond donors (Lipinski definition) is 5. The molecule has 22 heteroatoms. The van der Waals surface area contributed by atoms with Crippen LogP contribution in [0.1, 0.15) is 124 Å². The number of rotatable bonds is 28. The summed E-state index contributed by atoms with van der Waals surface area (Å²) in [5, 5.41) is 18.4. The lowest BCUT2D eigenvalue weighted by Gasteiger charge is -2.36. The predicted molar refractivity (Wildman–Crippen MR) is 357 cm³/mol. The van der Waals surface area contributed by atoms with Crippen molar-refractivity contribution in [2.45, 2.75) is 122 Å². The summed E-state index contributed by atoms with van der Waals surface area (Å²) >= 11 is 1.57. The quantitative estimate of drug-likeness (QED) is 0.0288. The highest BCUT2D eigenvalue weighted by atomic mass is 32.1. The Hall–Kier alpha value is -8.60. The maximum atomic E-state index is 14.5. The Morgan fingerprint density at radius 2 is 1.48 bits per heavy atom. The van der Waals surface area contributed by atoms with Crippen molar-refractivity contribution in [2.75, 3.05) is 99.0 Å². The van der Waals surface area contributed by atoms with Crippen molar-refractivity contribution >= 4 is 81.1 Å². The van der Waals surface area contributed by atoms with Gasteiger partial charge in [-0.05, 0) is 118 Å². The summed E-state index contributed by atoms with van der Waals surface area (Å²) in [5.41, 5.74) is 7.30. The molecule has 4 aliphatic rings. The van der Waals surface area contributed by atoms with Crippen LogP contribution < -0.4 is 55.5 Å². The number of thiazole rings is 1. The lowest BCUT2D eigenvalue weighted by atomic mass is 9.83. The minimum Gasteiger partial charge on any atom is -0.497 e. The van der Waals surface area contributed by atoms with Gasteiger partial charge >= 0.3 is 6.03 Å². The molecule has 3 fully saturated rings. The Morgan fingerprint density at radius 1 is 0.769 bits per heavy atom. The van der Waals surface area contributed by atoms with Gasteiger partial charge in [0.2, 0.25) is 29.6 Å². The summed E-state index contributed by atoms with van der Waals surface area (Å²) in [7, 11) is 4.90. The van der Waals surface area contributed by atoms with Gasteiger partial charge in [-0.3, -0.25) is 33.9 Å². The number of piperazine rings is 1. The van der Waals surface area contributed by atoms with E-state index in [9.17, 15) is 24.0 Å². The third kappa shape index (κ3) is 16.9. The number of benzene rings is 4. The van der Waals surface area contributed by atoms with E-state index in [1.165, 1.54) is 6.42 Å². The summed E-state index contributed by atoms with van der Waals surface area (Å²) in [6.45, 7) is 13.8. The minimum absolute atomic E-state index is 0.00839. The molecule has 0 radical (unpaired) electrons. The van der Waals surface area contributed by atoms with Crippen molar-refractivity contribution < 1.29 is 38.2 Å². The molecule has 6 aromatic rings. The summed E-state index contributed by atoms with van der Waals surface area (Å²) < 4.78 is 17.2. The van der Waals surface area contributed by atoms with Gasteiger partial charge in [-0.1, -0.05) is 69.9 Å². The smallest absolute Gasteiger partial charge is 0.330 e. The standard InChI is InChI=1S/C69H87N13O8S/c1-7-61(83)73-52-23-19-48(20-24-52)42-82-64-51(43-81(69(82)87)55-38-57(88-5)40-58(39-55)89-6)41-72-68(77-64)74-53-25-27-54(28-26-53)79-35-33-78(34-36-79)44-62(84)71-31-13-8-9-14-37-90-56-29-21-49(22-30-56)46(2)59-45-91-66(75-59)60-18-15-32-80(60)67(86)63(50-16-11-10-12-17-50)76-65(85)47(3)70-4/h19-30,38-41,45,47,50,60,63,70H,2,7-18,31-37,42-44H2,1,3-6H3,(H,71,84)(H,73,83)(H,76,85)(H,72,74,77)/t47-,60-,63-/m0/s1. The fraction of sp³-hybridized carbons (Fsp3) is 0.449. The van der Waals surface area contributed by atoms with E-state index in [4.69, 9.17) is 24.2 Å². The average Bonchev–Trinajstić information content (AvgIpc) is 2.05. The molecule has 6 amide bonds. The fourth-order valence-corrected chi connectivity index (χ4v) is 13.2. The second kappa shape index (κ2) is 31.4. The highest BCUT2D eigenvalue weighted by Gasteiger charge is 2.41. The third-order valence-electron chi connectivity index (χ3n) is 17.7. The molecule has 3 atom stereocenters. The molecular weight excluding hydrogens is 1170 g/mol. The molecule has 21 nitrogen and oxygen atoms in total. The van der Waals surface area contributed by atoms with Gasteiger partial charge in [-0.2, -0.15) is 4.98 Å². The van der Waals surface area contributed by atoms with Gasteiger partial charge in [0.05, 0.1) is 63.9 Å². The molecule has 91 heavy (non-hydrogen) atoms. The first-order chi connectivity index (χ1) is 44.3. The van der Waals surface area contributed by atoms with Gasteiger partial charge in [0, 0.05) is 104 Å². The van der Waals surface area contributed by atoms with Crippen LogP contribution in [0.2, 0.25) is 0 Å². The first-order valence-corrected chi connectivity index (χ1v) is 33.0. The fourth-order valence-electron chi connectivity index (χ4n) is 12.2. The second-order valence-electron chi connectivity index (χ2n) is 23.9. The topological polar surface area (TPSA) is 228 Å². The van der Waals surface area contributed by atoms with Crippen molar-refractivity contribution in [1.29, 1.82) is 0 Å². The van der Waals surface area contributed by atoms with Gasteiger partial charge in [-0.25, -0.2) is 14.8 Å². The Morgan fingerprint density at radius 3 is 2.19 bits per heavy atom. The van der Waals surface area contributed by atoms with Gasteiger partial charge < -0.3 is 50.6 Å². The Balaban J connectivity index is 0.624. The van der Waals surface area contributed by atoms with Crippen LogP contribution in [0.4, 0.5) is 39.3 Å². The molecule has 2 saturated heterocycles. The van der Waals surface area contributed by atoms with Crippen molar-refractivity contribution in [3.63, 3.8) is 0 Å². The number of methoxy groups -OCH3 is 2. The molecule has 5 N–H and O–H groups in total. The van der Waals surface area contributed by atoms with Crippen molar-refractivity contribution in [1.82, 2.24) is 40.7 Å². The number of aromatic nitrogens is 3. The number of fused-ring (bicyclic) bond motifs is 1. The molecule has 1 aliphatic carbocycles. The lowest BCUT2D eigenvalue weighted by Crippen LogP contribution is -2.55. The van der Waals surface area contributed by atoms with Crippen molar-refractivity contribution in [2.24, 2.45) is 5.92 Å². The number of carbonyl (C=O) groups is 5. The van der Waals surface area contributed by atoms with Crippen molar-refractivity contribution in [3.8, 4) is 17.2 Å². The molecule has 10 rings (SSSR count). The van der Waals surface area contributed by atoms with E-state index in [-0.39, 0.29) is 60.8 Å². The molecule has 0 spiro atoms. The number of likely N-dealkylation sites (N-methyl/N-ethyl adjacent to an activating group) is 1. The van der Waals surface area contributed by atoms with Crippen LogP contribution in [0.3, 0.4) is 0 Å². The first kappa shape index (κ1) is 65.4. The number of urea groups is 1. The zero-order valence-electron chi connectivity index (χ0n) is 53.1. The molecule has 3 aliphatic heterocycles. The second-order valence-corrected chi connectivity index (χ2v) is 24.8. The molecule has 1 saturated carbocycles. The molecule has 482 valence electrons. The zero-order valence-corrected chi connectivity index (χ0v) is 54.0. The van der Waals surface area contributed by atoms with E-state index in [0.717, 1.165) is 140 Å². The lowest BCUT2D eigenvalue weighted by molar-refractivity contribution is -0.139. The molecular formula is C69H87N13O8S. The van der Waals surface area contributed by atoms with Crippen LogP contribution in [0.25, 0.3) is 5.57 Å². The number of carbonyl (C=O) groups excluding carboxylic acids is 5. The number of nitrogens with one attached hydrogen (secondary N) is 5. The summed E-state index contributed by atoms with van der Waals surface area (Å²) in [6.07, 6.45) is 12.9. The van der Waals surface area contributed by atoms with Gasteiger partial charge in [0.1, 0.15) is 34.1 Å². The SMILES string of the molecule is C=C(c1ccc(OCCCCCCNC(=O)CN2CCN(c3ccc(Nc4ncc5c(n4)N(Cc4ccc(NC(=O)CC)cc4)C(=O)N(c4cc(OC)cc(OC)c4)C5)cc3)CC2)cc1)c1csc([C@@H]2CCCN2C(=O)[C@@H](NC(=O)[C@H](C)NC)C2CCCCC2)n1. The number of likely N-dealkylation sites (tertiary alicyclic amines) is 1. The number of amides is 6. The zero-order chi connectivity index (χ0) is 63.8. The Labute approximate surface area is 538 Å². The highest BCUT2D eigenvalue weighted by Crippen LogP contribution is 2.39. The minimum atomic E-state index is -0.530. The maximum absolute atomic E-state index is 14.5. The predicted octanol–water partition coefficient (Wildman–Crippen LogP) is 10.5. The summed E-state index contributed by atoms with van der Waals surface area (Å²) in [6, 6.07) is 27.5.